The summed E-state index contributed by atoms with van der Waals surface area (Å²) in [5.74, 6) is -1.19. The lowest BCUT2D eigenvalue weighted by Crippen LogP contribution is -2.54. The number of alkyl halides is 3. The van der Waals surface area contributed by atoms with Gasteiger partial charge in [0.2, 0.25) is 11.8 Å². The Balaban J connectivity index is 1.49. The summed E-state index contributed by atoms with van der Waals surface area (Å²) in [5.41, 5.74) is -0.893. The van der Waals surface area contributed by atoms with Gasteiger partial charge in [-0.1, -0.05) is 11.2 Å². The van der Waals surface area contributed by atoms with Crippen LogP contribution >= 0.6 is 0 Å². The van der Waals surface area contributed by atoms with Gasteiger partial charge in [0.25, 0.3) is 0 Å². The third kappa shape index (κ3) is 5.26. The molecule has 1 saturated heterocycles. The first-order valence-corrected chi connectivity index (χ1v) is 9.04. The summed E-state index contributed by atoms with van der Waals surface area (Å²) < 4.78 is 55.3. The zero-order valence-electron chi connectivity index (χ0n) is 15.9. The summed E-state index contributed by atoms with van der Waals surface area (Å²) >= 11 is 0. The zero-order chi connectivity index (χ0) is 21.9. The molecule has 2 heterocycles. The van der Waals surface area contributed by atoms with E-state index in [0.29, 0.717) is 24.8 Å². The number of halogens is 4. The molecule has 12 heteroatoms. The number of hydrogen-bond donors (Lipinski definition) is 2. The average Bonchev–Trinajstić information content (AvgIpc) is 3.16. The number of piperazine rings is 1. The molecular weight excluding hydrogens is 410 g/mol. The van der Waals surface area contributed by atoms with Crippen LogP contribution in [0, 0.1) is 5.82 Å². The lowest BCUT2D eigenvalue weighted by molar-refractivity contribution is -0.142. The van der Waals surface area contributed by atoms with Gasteiger partial charge in [0, 0.05) is 37.9 Å². The number of hydrogen-bond acceptors (Lipinski definition) is 5. The van der Waals surface area contributed by atoms with Crippen LogP contribution in [-0.4, -0.2) is 59.1 Å². The van der Waals surface area contributed by atoms with Gasteiger partial charge in [0.05, 0.1) is 6.04 Å². The van der Waals surface area contributed by atoms with Gasteiger partial charge in [-0.3, -0.25) is 15.0 Å². The highest BCUT2D eigenvalue weighted by Crippen LogP contribution is 2.29. The monoisotopic (exact) mass is 429 g/mol. The Morgan fingerprint density at radius 3 is 2.43 bits per heavy atom. The Bertz CT molecular complexity index is 909. The molecule has 2 N–H and O–H groups in total. The van der Waals surface area contributed by atoms with Gasteiger partial charge in [-0.25, -0.2) is 9.18 Å². The number of nitrogens with zero attached hydrogens (tertiary/aromatic N) is 3. The highest BCUT2D eigenvalue weighted by Gasteiger charge is 2.35. The average molecular weight is 429 g/mol. The van der Waals surface area contributed by atoms with E-state index >= 15 is 0 Å². The normalized spacial score (nSPS) is 16.2. The van der Waals surface area contributed by atoms with E-state index in [1.165, 1.54) is 23.1 Å². The van der Waals surface area contributed by atoms with Crippen LogP contribution in [0.15, 0.2) is 34.9 Å². The fourth-order valence-electron chi connectivity index (χ4n) is 2.94. The minimum absolute atomic E-state index is 0.254. The predicted octanol–water partition coefficient (Wildman–Crippen LogP) is 3.01. The molecular formula is C18H19F4N5O3. The van der Waals surface area contributed by atoms with Crippen molar-refractivity contribution in [2.24, 2.45) is 0 Å². The van der Waals surface area contributed by atoms with Crippen molar-refractivity contribution in [3.63, 3.8) is 0 Å². The lowest BCUT2D eigenvalue weighted by Gasteiger charge is -2.37. The number of carbonyl (C=O) groups excluding carboxylic acids is 2. The number of nitrogens with one attached hydrogen (secondary N) is 2. The first-order valence-electron chi connectivity index (χ1n) is 9.04. The fourth-order valence-corrected chi connectivity index (χ4v) is 2.94. The van der Waals surface area contributed by atoms with Crippen LogP contribution in [0.3, 0.4) is 0 Å². The summed E-state index contributed by atoms with van der Waals surface area (Å²) in [7, 11) is 0. The van der Waals surface area contributed by atoms with E-state index < -0.39 is 35.6 Å². The molecule has 0 spiro atoms. The van der Waals surface area contributed by atoms with Crippen LogP contribution in [0.5, 0.6) is 0 Å². The van der Waals surface area contributed by atoms with E-state index in [1.807, 2.05) is 4.90 Å². The van der Waals surface area contributed by atoms with Gasteiger partial charge in [-0.05, 0) is 25.1 Å². The van der Waals surface area contributed by atoms with Crippen molar-refractivity contribution >= 4 is 23.5 Å². The summed E-state index contributed by atoms with van der Waals surface area (Å²) in [6, 6.07) is 4.99. The Kier molecular flexibility index (Phi) is 6.25. The molecule has 1 aromatic carbocycles. The molecule has 0 saturated carbocycles. The Morgan fingerprint density at radius 2 is 1.83 bits per heavy atom. The van der Waals surface area contributed by atoms with Crippen LogP contribution in [0.2, 0.25) is 0 Å². The molecule has 30 heavy (non-hydrogen) atoms. The second-order valence-corrected chi connectivity index (χ2v) is 6.70. The third-order valence-corrected chi connectivity index (χ3v) is 4.65. The molecule has 8 nitrogen and oxygen atoms in total. The van der Waals surface area contributed by atoms with Crippen molar-refractivity contribution < 1.29 is 31.7 Å². The largest absolute Gasteiger partial charge is 0.436 e. The van der Waals surface area contributed by atoms with Crippen molar-refractivity contribution in [1.82, 2.24) is 15.0 Å². The van der Waals surface area contributed by atoms with Crippen LogP contribution < -0.4 is 10.6 Å². The quantitative estimate of drug-likeness (QED) is 0.730. The van der Waals surface area contributed by atoms with Crippen molar-refractivity contribution in [1.29, 1.82) is 0 Å². The molecule has 1 aliphatic rings. The maximum atomic E-state index is 13.2. The van der Waals surface area contributed by atoms with Crippen molar-refractivity contribution in [2.45, 2.75) is 19.1 Å². The number of anilines is 2. The fraction of sp³-hybridized carbons (Fsp3) is 0.389. The molecule has 162 valence electrons. The molecule has 1 aliphatic heterocycles. The molecule has 1 unspecified atom stereocenters. The second-order valence-electron chi connectivity index (χ2n) is 6.70. The standard InChI is InChI=1S/C18H19F4N5O3/c1-11(16(28)23-13-4-2-3-12(19)9-13)26-5-7-27(8-6-26)17(29)24-15-10-14(25-30-15)18(20,21)22/h2-4,9-11H,5-8H2,1H3,(H,23,28)(H,24,29). The lowest BCUT2D eigenvalue weighted by atomic mass is 10.2. The Morgan fingerprint density at radius 1 is 1.13 bits per heavy atom. The molecule has 0 bridgehead atoms. The van der Waals surface area contributed by atoms with E-state index in [1.54, 1.807) is 13.0 Å². The number of urea groups is 1. The van der Waals surface area contributed by atoms with Crippen LogP contribution in [0.25, 0.3) is 0 Å². The van der Waals surface area contributed by atoms with Gasteiger partial charge in [0.15, 0.2) is 5.69 Å². The number of rotatable bonds is 4. The summed E-state index contributed by atoms with van der Waals surface area (Å²) in [6.07, 6.45) is -4.67. The van der Waals surface area contributed by atoms with E-state index in [4.69, 9.17) is 0 Å². The minimum Gasteiger partial charge on any atom is -0.338 e. The van der Waals surface area contributed by atoms with Crippen LogP contribution in [-0.2, 0) is 11.0 Å². The molecule has 3 amide bonds. The Hall–Kier alpha value is -3.15. The van der Waals surface area contributed by atoms with E-state index in [2.05, 4.69) is 20.3 Å². The molecule has 0 aliphatic carbocycles. The second kappa shape index (κ2) is 8.69. The van der Waals surface area contributed by atoms with E-state index in [-0.39, 0.29) is 19.0 Å². The molecule has 2 aromatic rings. The van der Waals surface area contributed by atoms with Crippen LogP contribution in [0.1, 0.15) is 12.6 Å². The SMILES string of the molecule is CC(C(=O)Nc1cccc(F)c1)N1CCN(C(=O)Nc2cc(C(F)(F)F)no2)CC1. The van der Waals surface area contributed by atoms with Crippen molar-refractivity contribution in [3.8, 4) is 0 Å². The van der Waals surface area contributed by atoms with E-state index in [9.17, 15) is 27.2 Å². The van der Waals surface area contributed by atoms with Gasteiger partial charge < -0.3 is 14.7 Å². The first kappa shape index (κ1) is 21.6. The maximum Gasteiger partial charge on any atom is 0.436 e. The molecule has 1 aromatic heterocycles. The molecule has 3 rings (SSSR count). The smallest absolute Gasteiger partial charge is 0.338 e. The van der Waals surface area contributed by atoms with E-state index in [0.717, 1.165) is 0 Å². The molecule has 0 radical (unpaired) electrons. The summed E-state index contributed by atoms with van der Waals surface area (Å²) in [6.45, 7) is 2.94. The van der Waals surface area contributed by atoms with Crippen LogP contribution in [0.4, 0.5) is 33.9 Å². The zero-order valence-corrected chi connectivity index (χ0v) is 15.9. The number of aromatic nitrogens is 1. The Labute approximate surface area is 168 Å². The summed E-state index contributed by atoms with van der Waals surface area (Å²) in [4.78, 5) is 27.8. The topological polar surface area (TPSA) is 90.7 Å². The minimum atomic E-state index is -4.67. The van der Waals surface area contributed by atoms with Gasteiger partial charge >= 0.3 is 12.2 Å². The third-order valence-electron chi connectivity index (χ3n) is 4.65. The number of benzene rings is 1. The highest BCUT2D eigenvalue weighted by molar-refractivity contribution is 5.94. The van der Waals surface area contributed by atoms with Crippen molar-refractivity contribution in [2.75, 3.05) is 36.8 Å². The van der Waals surface area contributed by atoms with Gasteiger partial charge in [-0.2, -0.15) is 13.2 Å². The van der Waals surface area contributed by atoms with Gasteiger partial charge in [0.1, 0.15) is 5.82 Å². The number of amides is 3. The molecule has 1 fully saturated rings. The number of carbonyl (C=O) groups is 2. The predicted molar refractivity (Wildman–Crippen MR) is 98.2 cm³/mol. The summed E-state index contributed by atoms with van der Waals surface area (Å²) in [5, 5.41) is 7.74. The van der Waals surface area contributed by atoms with Gasteiger partial charge in [-0.15, -0.1) is 0 Å². The first-order chi connectivity index (χ1) is 14.1. The van der Waals surface area contributed by atoms with Crippen molar-refractivity contribution in [3.05, 3.63) is 41.8 Å². The maximum absolute atomic E-state index is 13.2. The highest BCUT2D eigenvalue weighted by atomic mass is 19.4. The molecule has 1 atom stereocenters.